The van der Waals surface area contributed by atoms with E-state index in [2.05, 4.69) is 31.1 Å². The predicted octanol–water partition coefficient (Wildman–Crippen LogP) is 2.49. The molecular weight excluding hydrogens is 200 g/mol. The van der Waals surface area contributed by atoms with E-state index in [9.17, 15) is 0 Å². The second kappa shape index (κ2) is 6.48. The van der Waals surface area contributed by atoms with E-state index in [1.54, 1.807) is 12.4 Å². The van der Waals surface area contributed by atoms with Gasteiger partial charge in [-0.3, -0.25) is 4.98 Å². The van der Waals surface area contributed by atoms with Crippen molar-refractivity contribution in [1.29, 1.82) is 0 Å². The molecule has 1 rings (SSSR count). The summed E-state index contributed by atoms with van der Waals surface area (Å²) in [7, 11) is 0. The zero-order valence-corrected chi connectivity index (χ0v) is 10.5. The molecule has 0 saturated carbocycles. The second-order valence-electron chi connectivity index (χ2n) is 5.10. The smallest absolute Gasteiger partial charge is 0.137 e. The molecule has 1 heterocycles. The summed E-state index contributed by atoms with van der Waals surface area (Å²) in [5.41, 5.74) is 0.400. The van der Waals surface area contributed by atoms with Crippen molar-refractivity contribution >= 4 is 0 Å². The van der Waals surface area contributed by atoms with E-state index in [4.69, 9.17) is 4.74 Å². The van der Waals surface area contributed by atoms with E-state index in [0.29, 0.717) is 12.0 Å². The fraction of sp³-hybridized carbons (Fsp3) is 0.615. The highest BCUT2D eigenvalue weighted by atomic mass is 16.5. The largest absolute Gasteiger partial charge is 0.491 e. The molecule has 3 heteroatoms. The lowest BCUT2D eigenvalue weighted by molar-refractivity contribution is 0.303. The van der Waals surface area contributed by atoms with Crippen LogP contribution in [0.15, 0.2) is 24.5 Å². The van der Waals surface area contributed by atoms with Crippen molar-refractivity contribution in [1.82, 2.24) is 10.3 Å². The van der Waals surface area contributed by atoms with Crippen LogP contribution in [0.1, 0.15) is 27.2 Å². The molecule has 16 heavy (non-hydrogen) atoms. The molecule has 0 spiro atoms. The number of hydrogen-bond acceptors (Lipinski definition) is 3. The molecule has 0 fully saturated rings. The van der Waals surface area contributed by atoms with Crippen LogP contribution < -0.4 is 10.1 Å². The number of hydrogen-bond donors (Lipinski definition) is 1. The fourth-order valence-corrected chi connectivity index (χ4v) is 1.26. The van der Waals surface area contributed by atoms with Crippen molar-refractivity contribution in [2.24, 2.45) is 5.41 Å². The van der Waals surface area contributed by atoms with Crippen molar-refractivity contribution in [3.63, 3.8) is 0 Å². The molecule has 0 aliphatic carbocycles. The molecule has 0 aliphatic rings. The van der Waals surface area contributed by atoms with E-state index in [0.717, 1.165) is 18.8 Å². The average molecular weight is 222 g/mol. The van der Waals surface area contributed by atoms with Crippen molar-refractivity contribution < 1.29 is 4.74 Å². The molecule has 0 unspecified atom stereocenters. The molecule has 3 nitrogen and oxygen atoms in total. The van der Waals surface area contributed by atoms with Gasteiger partial charge in [-0.05, 0) is 30.5 Å². The first-order chi connectivity index (χ1) is 7.58. The number of nitrogens with zero attached hydrogens (tertiary/aromatic N) is 1. The SMILES string of the molecule is CC(C)(C)CCNCCOc1cccnc1. The third-order valence-corrected chi connectivity index (χ3v) is 2.23. The number of pyridine rings is 1. The molecule has 90 valence electrons. The minimum atomic E-state index is 0.400. The van der Waals surface area contributed by atoms with Crippen molar-refractivity contribution in [3.05, 3.63) is 24.5 Å². The first-order valence-electron chi connectivity index (χ1n) is 5.81. The second-order valence-corrected chi connectivity index (χ2v) is 5.10. The maximum atomic E-state index is 5.51. The molecular formula is C13H22N2O. The van der Waals surface area contributed by atoms with Gasteiger partial charge in [-0.2, -0.15) is 0 Å². The minimum absolute atomic E-state index is 0.400. The van der Waals surface area contributed by atoms with Gasteiger partial charge in [-0.1, -0.05) is 20.8 Å². The fourth-order valence-electron chi connectivity index (χ4n) is 1.26. The molecule has 0 radical (unpaired) electrons. The predicted molar refractivity (Wildman–Crippen MR) is 66.7 cm³/mol. The highest BCUT2D eigenvalue weighted by Gasteiger charge is 2.08. The third kappa shape index (κ3) is 6.40. The lowest BCUT2D eigenvalue weighted by atomic mass is 9.92. The van der Waals surface area contributed by atoms with Crippen LogP contribution in [0.2, 0.25) is 0 Å². The molecule has 0 bridgehead atoms. The van der Waals surface area contributed by atoms with E-state index in [1.807, 2.05) is 12.1 Å². The summed E-state index contributed by atoms with van der Waals surface area (Å²) in [4.78, 5) is 3.99. The van der Waals surface area contributed by atoms with Crippen LogP contribution in [0.25, 0.3) is 0 Å². The molecule has 0 amide bonds. The number of rotatable bonds is 6. The number of nitrogens with one attached hydrogen (secondary N) is 1. The Kier molecular flexibility index (Phi) is 5.26. The van der Waals surface area contributed by atoms with Crippen LogP contribution in [0, 0.1) is 5.41 Å². The first kappa shape index (κ1) is 13.0. The Morgan fingerprint density at radius 3 is 2.75 bits per heavy atom. The maximum Gasteiger partial charge on any atom is 0.137 e. The Morgan fingerprint density at radius 1 is 1.31 bits per heavy atom. The highest BCUT2D eigenvalue weighted by molar-refractivity contribution is 5.15. The average Bonchev–Trinajstić information content (AvgIpc) is 2.23. The third-order valence-electron chi connectivity index (χ3n) is 2.23. The standard InChI is InChI=1S/C13H22N2O/c1-13(2,3)6-8-14-9-10-16-12-5-4-7-15-11-12/h4-5,7,11,14H,6,8-10H2,1-3H3. The van der Waals surface area contributed by atoms with Crippen molar-refractivity contribution in [2.45, 2.75) is 27.2 Å². The zero-order chi connectivity index (χ0) is 11.9. The molecule has 1 aromatic rings. The van der Waals surface area contributed by atoms with Crippen LogP contribution >= 0.6 is 0 Å². The quantitative estimate of drug-likeness (QED) is 0.751. The van der Waals surface area contributed by atoms with Gasteiger partial charge in [0.2, 0.25) is 0 Å². The summed E-state index contributed by atoms with van der Waals surface area (Å²) >= 11 is 0. The van der Waals surface area contributed by atoms with E-state index >= 15 is 0 Å². The van der Waals surface area contributed by atoms with Gasteiger partial charge in [0, 0.05) is 12.7 Å². The molecule has 0 atom stereocenters. The summed E-state index contributed by atoms with van der Waals surface area (Å²) in [6.07, 6.45) is 4.66. The minimum Gasteiger partial charge on any atom is -0.491 e. The van der Waals surface area contributed by atoms with Gasteiger partial charge in [0.1, 0.15) is 12.4 Å². The molecule has 0 saturated heterocycles. The Hall–Kier alpha value is -1.09. The van der Waals surface area contributed by atoms with Gasteiger partial charge in [-0.15, -0.1) is 0 Å². The normalized spacial score (nSPS) is 11.4. The van der Waals surface area contributed by atoms with Crippen LogP contribution in [0.3, 0.4) is 0 Å². The monoisotopic (exact) mass is 222 g/mol. The van der Waals surface area contributed by atoms with Crippen molar-refractivity contribution in [3.8, 4) is 5.75 Å². The summed E-state index contributed by atoms with van der Waals surface area (Å²) in [6.45, 7) is 9.36. The summed E-state index contributed by atoms with van der Waals surface area (Å²) in [6, 6.07) is 3.80. The van der Waals surface area contributed by atoms with Gasteiger partial charge >= 0.3 is 0 Å². The summed E-state index contributed by atoms with van der Waals surface area (Å²) in [5, 5.41) is 3.37. The highest BCUT2D eigenvalue weighted by Crippen LogP contribution is 2.16. The Balaban J connectivity index is 2.01. The van der Waals surface area contributed by atoms with E-state index < -0.39 is 0 Å². The van der Waals surface area contributed by atoms with E-state index in [-0.39, 0.29) is 0 Å². The van der Waals surface area contributed by atoms with Crippen LogP contribution in [0.4, 0.5) is 0 Å². The molecule has 1 N–H and O–H groups in total. The maximum absolute atomic E-state index is 5.51. The first-order valence-corrected chi connectivity index (χ1v) is 5.81. The van der Waals surface area contributed by atoms with Crippen LogP contribution in [-0.4, -0.2) is 24.7 Å². The Labute approximate surface area is 98.2 Å². The summed E-state index contributed by atoms with van der Waals surface area (Å²) in [5.74, 6) is 0.833. The number of aromatic nitrogens is 1. The van der Waals surface area contributed by atoms with Gasteiger partial charge in [0.15, 0.2) is 0 Å². The molecule has 1 aromatic heterocycles. The summed E-state index contributed by atoms with van der Waals surface area (Å²) < 4.78 is 5.51. The van der Waals surface area contributed by atoms with Gasteiger partial charge in [0.25, 0.3) is 0 Å². The lowest BCUT2D eigenvalue weighted by Gasteiger charge is -2.18. The Bertz CT molecular complexity index is 280. The van der Waals surface area contributed by atoms with Crippen LogP contribution in [-0.2, 0) is 0 Å². The molecule has 0 aromatic carbocycles. The number of ether oxygens (including phenoxy) is 1. The Morgan fingerprint density at radius 2 is 2.12 bits per heavy atom. The topological polar surface area (TPSA) is 34.1 Å². The van der Waals surface area contributed by atoms with Gasteiger partial charge in [-0.25, -0.2) is 0 Å². The van der Waals surface area contributed by atoms with Gasteiger partial charge < -0.3 is 10.1 Å². The van der Waals surface area contributed by atoms with Crippen molar-refractivity contribution in [2.75, 3.05) is 19.7 Å². The van der Waals surface area contributed by atoms with Crippen LogP contribution in [0.5, 0.6) is 5.75 Å². The molecule has 0 aliphatic heterocycles. The lowest BCUT2D eigenvalue weighted by Crippen LogP contribution is -2.25. The van der Waals surface area contributed by atoms with E-state index in [1.165, 1.54) is 6.42 Å². The zero-order valence-electron chi connectivity index (χ0n) is 10.5. The van der Waals surface area contributed by atoms with Gasteiger partial charge in [0.05, 0.1) is 6.20 Å².